The number of ketones is 1. The van der Waals surface area contributed by atoms with Gasteiger partial charge in [0.15, 0.2) is 5.69 Å². The van der Waals surface area contributed by atoms with Gasteiger partial charge in [0.2, 0.25) is 0 Å². The predicted molar refractivity (Wildman–Crippen MR) is 70.9 cm³/mol. The van der Waals surface area contributed by atoms with E-state index in [1.807, 2.05) is 4.90 Å². The van der Waals surface area contributed by atoms with E-state index in [0.717, 1.165) is 38.6 Å². The molecule has 2 aliphatic rings. The summed E-state index contributed by atoms with van der Waals surface area (Å²) in [5.74, 6) is 0.328. The van der Waals surface area contributed by atoms with Crippen LogP contribution in [0, 0.1) is 5.92 Å². The molecule has 0 radical (unpaired) electrons. The highest BCUT2D eigenvalue weighted by Gasteiger charge is 2.39. The summed E-state index contributed by atoms with van der Waals surface area (Å²) < 4.78 is 3.74. The number of amides is 1. The zero-order valence-corrected chi connectivity index (χ0v) is 11.6. The highest BCUT2D eigenvalue weighted by atomic mass is 32.1. The van der Waals surface area contributed by atoms with Gasteiger partial charge in [-0.3, -0.25) is 9.59 Å². The van der Waals surface area contributed by atoms with Crippen LogP contribution in [0.2, 0.25) is 0 Å². The SMILES string of the molecule is O=C1CCCCC1C1CCCN1C(=O)c1csnn1. The van der Waals surface area contributed by atoms with E-state index < -0.39 is 0 Å². The Morgan fingerprint density at radius 2 is 2.21 bits per heavy atom. The summed E-state index contributed by atoms with van der Waals surface area (Å²) in [6.07, 6.45) is 5.65. The van der Waals surface area contributed by atoms with E-state index in [1.54, 1.807) is 5.38 Å². The fourth-order valence-electron chi connectivity index (χ4n) is 3.28. The van der Waals surface area contributed by atoms with Crippen molar-refractivity contribution >= 4 is 23.2 Å². The largest absolute Gasteiger partial charge is 0.334 e. The van der Waals surface area contributed by atoms with E-state index in [4.69, 9.17) is 0 Å². The fraction of sp³-hybridized carbons (Fsp3) is 0.692. The van der Waals surface area contributed by atoms with Crippen molar-refractivity contribution < 1.29 is 9.59 Å². The molecule has 6 heteroatoms. The molecule has 0 N–H and O–H groups in total. The van der Waals surface area contributed by atoms with Crippen molar-refractivity contribution in [2.24, 2.45) is 5.92 Å². The van der Waals surface area contributed by atoms with E-state index >= 15 is 0 Å². The number of Topliss-reactive ketones (excluding diaryl/α,β-unsaturated/α-hetero) is 1. The van der Waals surface area contributed by atoms with Crippen molar-refractivity contribution in [1.29, 1.82) is 0 Å². The Bertz CT molecular complexity index is 474. The van der Waals surface area contributed by atoms with Gasteiger partial charge in [0.25, 0.3) is 5.91 Å². The van der Waals surface area contributed by atoms with Crippen LogP contribution in [0.5, 0.6) is 0 Å². The maximum Gasteiger partial charge on any atom is 0.275 e. The molecule has 2 atom stereocenters. The van der Waals surface area contributed by atoms with Gasteiger partial charge in [-0.2, -0.15) is 0 Å². The third kappa shape index (κ3) is 2.41. The Morgan fingerprint density at radius 3 is 2.95 bits per heavy atom. The lowest BCUT2D eigenvalue weighted by molar-refractivity contribution is -0.126. The Balaban J connectivity index is 1.77. The summed E-state index contributed by atoms with van der Waals surface area (Å²) in [5.41, 5.74) is 0.417. The lowest BCUT2D eigenvalue weighted by Gasteiger charge is -2.32. The molecule has 1 saturated carbocycles. The summed E-state index contributed by atoms with van der Waals surface area (Å²) in [4.78, 5) is 26.3. The molecule has 1 amide bonds. The summed E-state index contributed by atoms with van der Waals surface area (Å²) in [7, 11) is 0. The lowest BCUT2D eigenvalue weighted by Crippen LogP contribution is -2.43. The van der Waals surface area contributed by atoms with Gasteiger partial charge >= 0.3 is 0 Å². The van der Waals surface area contributed by atoms with Crippen LogP contribution in [0.15, 0.2) is 5.38 Å². The van der Waals surface area contributed by atoms with Gasteiger partial charge in [-0.15, -0.1) is 5.10 Å². The molecule has 1 saturated heterocycles. The number of carbonyl (C=O) groups is 2. The van der Waals surface area contributed by atoms with Crippen LogP contribution in [0.1, 0.15) is 49.0 Å². The van der Waals surface area contributed by atoms with Crippen LogP contribution in [-0.2, 0) is 4.79 Å². The maximum atomic E-state index is 12.4. The maximum absolute atomic E-state index is 12.4. The minimum absolute atomic E-state index is 0.0480. The Morgan fingerprint density at radius 1 is 1.32 bits per heavy atom. The average molecular weight is 279 g/mol. The summed E-state index contributed by atoms with van der Waals surface area (Å²) in [6, 6.07) is 0.0852. The first kappa shape index (κ1) is 12.7. The van der Waals surface area contributed by atoms with Crippen molar-refractivity contribution in [2.75, 3.05) is 6.54 Å². The van der Waals surface area contributed by atoms with E-state index in [0.29, 0.717) is 17.9 Å². The number of hydrogen-bond acceptors (Lipinski definition) is 5. The molecular weight excluding hydrogens is 262 g/mol. The van der Waals surface area contributed by atoms with Gasteiger partial charge in [-0.1, -0.05) is 10.9 Å². The fourth-order valence-corrected chi connectivity index (χ4v) is 3.71. The smallest absolute Gasteiger partial charge is 0.275 e. The molecule has 1 aliphatic heterocycles. The van der Waals surface area contributed by atoms with Crippen molar-refractivity contribution in [3.8, 4) is 0 Å². The number of rotatable bonds is 2. The second kappa shape index (κ2) is 5.36. The van der Waals surface area contributed by atoms with E-state index in [1.165, 1.54) is 11.5 Å². The summed E-state index contributed by atoms with van der Waals surface area (Å²) in [5, 5.41) is 5.53. The summed E-state index contributed by atoms with van der Waals surface area (Å²) in [6.45, 7) is 0.741. The molecular formula is C13H17N3O2S. The molecule has 2 unspecified atom stereocenters. The zero-order valence-electron chi connectivity index (χ0n) is 10.7. The molecule has 19 heavy (non-hydrogen) atoms. The van der Waals surface area contributed by atoms with Crippen molar-refractivity contribution in [1.82, 2.24) is 14.5 Å². The second-order valence-corrected chi connectivity index (χ2v) is 5.93. The Hall–Kier alpha value is -1.30. The van der Waals surface area contributed by atoms with Crippen molar-refractivity contribution in [2.45, 2.75) is 44.6 Å². The van der Waals surface area contributed by atoms with E-state index in [9.17, 15) is 9.59 Å². The highest BCUT2D eigenvalue weighted by Crippen LogP contribution is 2.33. The van der Waals surface area contributed by atoms with Crippen LogP contribution < -0.4 is 0 Å². The Labute approximate surface area is 116 Å². The Kier molecular flexibility index (Phi) is 3.59. The standard InChI is InChI=1S/C13H17N3O2S/c17-12-6-2-1-4-9(12)11-5-3-7-16(11)13(18)10-8-19-15-14-10/h8-9,11H,1-7H2. The van der Waals surface area contributed by atoms with E-state index in [2.05, 4.69) is 9.59 Å². The zero-order chi connectivity index (χ0) is 13.2. The van der Waals surface area contributed by atoms with Gasteiger partial charge in [-0.05, 0) is 37.2 Å². The average Bonchev–Trinajstić information content (AvgIpc) is 3.10. The highest BCUT2D eigenvalue weighted by molar-refractivity contribution is 7.03. The number of likely N-dealkylation sites (tertiary alicyclic amines) is 1. The molecule has 0 aromatic carbocycles. The molecule has 1 aromatic heterocycles. The minimum atomic E-state index is -0.0605. The quantitative estimate of drug-likeness (QED) is 0.829. The lowest BCUT2D eigenvalue weighted by atomic mass is 9.82. The van der Waals surface area contributed by atoms with Crippen LogP contribution in [0.3, 0.4) is 0 Å². The van der Waals surface area contributed by atoms with E-state index in [-0.39, 0.29) is 17.9 Å². The van der Waals surface area contributed by atoms with Crippen LogP contribution in [0.4, 0.5) is 0 Å². The minimum Gasteiger partial charge on any atom is -0.334 e. The molecule has 2 heterocycles. The van der Waals surface area contributed by atoms with Crippen molar-refractivity contribution in [3.05, 3.63) is 11.1 Å². The topological polar surface area (TPSA) is 63.2 Å². The number of carbonyl (C=O) groups excluding carboxylic acids is 2. The third-order valence-corrected chi connectivity index (χ3v) is 4.71. The van der Waals surface area contributed by atoms with Crippen LogP contribution >= 0.6 is 11.5 Å². The summed E-state index contributed by atoms with van der Waals surface area (Å²) >= 11 is 1.19. The van der Waals surface area contributed by atoms with Gasteiger partial charge < -0.3 is 4.90 Å². The molecule has 0 bridgehead atoms. The van der Waals surface area contributed by atoms with Crippen LogP contribution in [-0.4, -0.2) is 38.8 Å². The molecule has 3 rings (SSSR count). The second-order valence-electron chi connectivity index (χ2n) is 5.32. The number of nitrogens with zero attached hydrogens (tertiary/aromatic N) is 3. The van der Waals surface area contributed by atoms with Gasteiger partial charge in [-0.25, -0.2) is 0 Å². The number of aromatic nitrogens is 2. The molecule has 1 aliphatic carbocycles. The normalized spacial score (nSPS) is 27.8. The van der Waals surface area contributed by atoms with Crippen molar-refractivity contribution in [3.63, 3.8) is 0 Å². The van der Waals surface area contributed by atoms with Gasteiger partial charge in [0.05, 0.1) is 0 Å². The molecule has 2 fully saturated rings. The van der Waals surface area contributed by atoms with Gasteiger partial charge in [0.1, 0.15) is 5.78 Å². The monoisotopic (exact) mass is 279 g/mol. The molecule has 0 spiro atoms. The first-order chi connectivity index (χ1) is 9.27. The third-order valence-electron chi connectivity index (χ3n) is 4.21. The van der Waals surface area contributed by atoms with Gasteiger partial charge in [0, 0.05) is 30.3 Å². The first-order valence-electron chi connectivity index (χ1n) is 6.88. The van der Waals surface area contributed by atoms with Crippen LogP contribution in [0.25, 0.3) is 0 Å². The molecule has 102 valence electrons. The predicted octanol–water partition coefficient (Wildman–Crippen LogP) is 1.90. The molecule has 5 nitrogen and oxygen atoms in total. The first-order valence-corrected chi connectivity index (χ1v) is 7.72. The molecule has 1 aromatic rings. The number of hydrogen-bond donors (Lipinski definition) is 0.